The fraction of sp³-hybridized carbons (Fsp3) is 1.00. The van der Waals surface area contributed by atoms with Gasteiger partial charge in [-0.05, 0) is 39.2 Å². The van der Waals surface area contributed by atoms with E-state index >= 15 is 0 Å². The summed E-state index contributed by atoms with van der Waals surface area (Å²) in [5.41, 5.74) is 0.349. The largest absolute Gasteiger partial charge is 0.309 e. The Balaban J connectivity index is 1.80. The first-order chi connectivity index (χ1) is 8.13. The molecule has 2 rings (SSSR count). The molecule has 1 saturated carbocycles. The van der Waals surface area contributed by atoms with Crippen LogP contribution >= 0.6 is 0 Å². The van der Waals surface area contributed by atoms with E-state index in [2.05, 4.69) is 31.0 Å². The van der Waals surface area contributed by atoms with Crippen molar-refractivity contribution in [1.82, 2.24) is 10.2 Å². The van der Waals surface area contributed by atoms with Crippen LogP contribution in [0.25, 0.3) is 0 Å². The average Bonchev–Trinajstić information content (AvgIpc) is 2.84. The van der Waals surface area contributed by atoms with Crippen LogP contribution in [0, 0.1) is 5.92 Å². The number of piperazine rings is 1. The number of nitrogens with zero attached hydrogens (tertiary/aromatic N) is 1. The number of hydrogen-bond acceptors (Lipinski definition) is 2. The zero-order valence-corrected chi connectivity index (χ0v) is 12.0. The molecular weight excluding hydrogens is 208 g/mol. The van der Waals surface area contributed by atoms with E-state index in [1.165, 1.54) is 51.6 Å². The molecule has 1 aliphatic carbocycles. The summed E-state index contributed by atoms with van der Waals surface area (Å²) in [7, 11) is 0. The summed E-state index contributed by atoms with van der Waals surface area (Å²) >= 11 is 0. The number of rotatable bonds is 4. The zero-order valence-electron chi connectivity index (χ0n) is 12.0. The molecule has 0 bridgehead atoms. The smallest absolute Gasteiger partial charge is 0.0278 e. The highest BCUT2D eigenvalue weighted by molar-refractivity contribution is 4.93. The molecule has 1 N–H and O–H groups in total. The van der Waals surface area contributed by atoms with Crippen molar-refractivity contribution in [1.29, 1.82) is 0 Å². The molecule has 1 saturated heterocycles. The first kappa shape index (κ1) is 13.4. The molecular formula is C15H30N2. The maximum absolute atomic E-state index is 3.71. The molecule has 0 aromatic carbocycles. The highest BCUT2D eigenvalue weighted by Gasteiger charge is 2.32. The summed E-state index contributed by atoms with van der Waals surface area (Å²) in [4.78, 5) is 2.72. The summed E-state index contributed by atoms with van der Waals surface area (Å²) in [6.07, 6.45) is 8.61. The van der Waals surface area contributed by atoms with Gasteiger partial charge >= 0.3 is 0 Å². The topological polar surface area (TPSA) is 15.3 Å². The van der Waals surface area contributed by atoms with Gasteiger partial charge in [-0.2, -0.15) is 0 Å². The van der Waals surface area contributed by atoms with Gasteiger partial charge in [-0.1, -0.05) is 32.6 Å². The number of hydrogen-bond donors (Lipinski definition) is 1. The lowest BCUT2D eigenvalue weighted by molar-refractivity contribution is 0.0876. The van der Waals surface area contributed by atoms with Crippen molar-refractivity contribution in [3.63, 3.8) is 0 Å². The lowest BCUT2D eigenvalue weighted by atomic mass is 9.93. The molecule has 0 radical (unpaired) electrons. The van der Waals surface area contributed by atoms with Crippen LogP contribution in [0.3, 0.4) is 0 Å². The molecule has 2 fully saturated rings. The molecule has 1 aliphatic heterocycles. The van der Waals surface area contributed by atoms with Crippen LogP contribution in [0.15, 0.2) is 0 Å². The minimum absolute atomic E-state index is 0.349. The summed E-state index contributed by atoms with van der Waals surface area (Å²) in [5, 5.41) is 3.71. The molecule has 17 heavy (non-hydrogen) atoms. The average molecular weight is 238 g/mol. The summed E-state index contributed by atoms with van der Waals surface area (Å²) in [6.45, 7) is 10.8. The summed E-state index contributed by atoms with van der Waals surface area (Å²) in [5.74, 6) is 1.03. The minimum Gasteiger partial charge on any atom is -0.309 e. The van der Waals surface area contributed by atoms with Crippen molar-refractivity contribution in [2.45, 2.75) is 70.9 Å². The molecule has 2 unspecified atom stereocenters. The monoisotopic (exact) mass is 238 g/mol. The van der Waals surface area contributed by atoms with Crippen LogP contribution in [-0.4, -0.2) is 36.1 Å². The van der Waals surface area contributed by atoms with Crippen molar-refractivity contribution in [3.8, 4) is 0 Å². The third kappa shape index (κ3) is 3.45. The lowest BCUT2D eigenvalue weighted by Gasteiger charge is -2.45. The van der Waals surface area contributed by atoms with Gasteiger partial charge in [0.05, 0.1) is 0 Å². The van der Waals surface area contributed by atoms with E-state index < -0.39 is 0 Å². The third-order valence-electron chi connectivity index (χ3n) is 5.08. The van der Waals surface area contributed by atoms with E-state index in [9.17, 15) is 0 Å². The molecule has 100 valence electrons. The second-order valence-corrected chi connectivity index (χ2v) is 6.55. The molecule has 1 heterocycles. The van der Waals surface area contributed by atoms with Crippen LogP contribution in [0.1, 0.15) is 59.3 Å². The van der Waals surface area contributed by atoms with Crippen LogP contribution in [0.4, 0.5) is 0 Å². The van der Waals surface area contributed by atoms with Crippen molar-refractivity contribution in [3.05, 3.63) is 0 Å². The van der Waals surface area contributed by atoms with Gasteiger partial charge in [0.15, 0.2) is 0 Å². The van der Waals surface area contributed by atoms with Gasteiger partial charge in [0.1, 0.15) is 0 Å². The van der Waals surface area contributed by atoms with Crippen molar-refractivity contribution < 1.29 is 0 Å². The van der Waals surface area contributed by atoms with Gasteiger partial charge in [0.25, 0.3) is 0 Å². The highest BCUT2D eigenvalue weighted by atomic mass is 15.2. The van der Waals surface area contributed by atoms with Gasteiger partial charge < -0.3 is 5.32 Å². The first-order valence-corrected chi connectivity index (χ1v) is 7.62. The van der Waals surface area contributed by atoms with E-state index in [0.29, 0.717) is 5.54 Å². The lowest BCUT2D eigenvalue weighted by Crippen LogP contribution is -2.62. The predicted octanol–water partition coefficient (Wildman–Crippen LogP) is 3.03. The SMILES string of the molecule is CCC1(C)CN(CCC2CCCC2)C(C)CN1. The van der Waals surface area contributed by atoms with Gasteiger partial charge in [-0.15, -0.1) is 0 Å². The van der Waals surface area contributed by atoms with E-state index in [0.717, 1.165) is 18.5 Å². The Labute approximate surface area is 107 Å². The fourth-order valence-electron chi connectivity index (χ4n) is 3.37. The normalized spacial score (nSPS) is 36.5. The van der Waals surface area contributed by atoms with Crippen molar-refractivity contribution in [2.75, 3.05) is 19.6 Å². The molecule has 2 heteroatoms. The first-order valence-electron chi connectivity index (χ1n) is 7.62. The van der Waals surface area contributed by atoms with Gasteiger partial charge in [-0.3, -0.25) is 4.90 Å². The second kappa shape index (κ2) is 5.71. The zero-order chi connectivity index (χ0) is 12.3. The Bertz CT molecular complexity index is 235. The molecule has 2 nitrogen and oxygen atoms in total. The van der Waals surface area contributed by atoms with E-state index in [-0.39, 0.29) is 0 Å². The fourth-order valence-corrected chi connectivity index (χ4v) is 3.37. The summed E-state index contributed by atoms with van der Waals surface area (Å²) in [6, 6.07) is 0.719. The molecule has 2 atom stereocenters. The van der Waals surface area contributed by atoms with E-state index in [1.54, 1.807) is 0 Å². The molecule has 2 aliphatic rings. The Hall–Kier alpha value is -0.0800. The van der Waals surface area contributed by atoms with Gasteiger partial charge in [0, 0.05) is 24.7 Å². The minimum atomic E-state index is 0.349. The van der Waals surface area contributed by atoms with E-state index in [4.69, 9.17) is 0 Å². The van der Waals surface area contributed by atoms with Gasteiger partial charge in [-0.25, -0.2) is 0 Å². The third-order valence-corrected chi connectivity index (χ3v) is 5.08. The van der Waals surface area contributed by atoms with Crippen LogP contribution in [-0.2, 0) is 0 Å². The Morgan fingerprint density at radius 2 is 2.00 bits per heavy atom. The van der Waals surface area contributed by atoms with Crippen molar-refractivity contribution in [2.24, 2.45) is 5.92 Å². The molecule has 0 aromatic rings. The molecule has 0 spiro atoms. The van der Waals surface area contributed by atoms with Crippen LogP contribution < -0.4 is 5.32 Å². The standard InChI is InChI=1S/C15H30N2/c1-4-15(3)12-17(13(2)11-16-15)10-9-14-7-5-6-8-14/h13-14,16H,4-12H2,1-3H3. The summed E-state index contributed by atoms with van der Waals surface area (Å²) < 4.78 is 0. The highest BCUT2D eigenvalue weighted by Crippen LogP contribution is 2.28. The maximum atomic E-state index is 3.71. The molecule has 0 amide bonds. The van der Waals surface area contributed by atoms with Crippen molar-refractivity contribution >= 4 is 0 Å². The molecule has 0 aromatic heterocycles. The Morgan fingerprint density at radius 3 is 2.65 bits per heavy atom. The maximum Gasteiger partial charge on any atom is 0.0278 e. The van der Waals surface area contributed by atoms with Crippen LogP contribution in [0.2, 0.25) is 0 Å². The number of nitrogens with one attached hydrogen (secondary N) is 1. The quantitative estimate of drug-likeness (QED) is 0.810. The predicted molar refractivity (Wildman–Crippen MR) is 74.3 cm³/mol. The second-order valence-electron chi connectivity index (χ2n) is 6.55. The van der Waals surface area contributed by atoms with Gasteiger partial charge in [0.2, 0.25) is 0 Å². The van der Waals surface area contributed by atoms with E-state index in [1.807, 2.05) is 0 Å². The van der Waals surface area contributed by atoms with Crippen LogP contribution in [0.5, 0.6) is 0 Å². The Kier molecular flexibility index (Phi) is 4.48. The Morgan fingerprint density at radius 1 is 1.29 bits per heavy atom.